The molecule has 20 heavy (non-hydrogen) atoms. The van der Waals surface area contributed by atoms with Crippen molar-refractivity contribution in [2.24, 2.45) is 0 Å². The molecule has 0 fully saturated rings. The normalized spacial score (nSPS) is 10.3. The maximum Gasteiger partial charge on any atom is 0.167 e. The Bertz CT molecular complexity index is 624. The lowest BCUT2D eigenvalue weighted by Gasteiger charge is -2.07. The minimum Gasteiger partial charge on any atom is -0.493 e. The number of carbonyl (C=O) groups excluding carboxylic acids is 1. The van der Waals surface area contributed by atoms with Crippen LogP contribution >= 0.6 is 23.2 Å². The van der Waals surface area contributed by atoms with E-state index in [1.165, 1.54) is 0 Å². The Hall–Kier alpha value is -1.51. The summed E-state index contributed by atoms with van der Waals surface area (Å²) in [5.74, 6) is 0.681. The van der Waals surface area contributed by atoms with E-state index in [-0.39, 0.29) is 12.2 Å². The van der Waals surface area contributed by atoms with E-state index in [1.54, 1.807) is 18.2 Å². The van der Waals surface area contributed by atoms with Crippen LogP contribution in [0.3, 0.4) is 0 Å². The van der Waals surface area contributed by atoms with Crippen LogP contribution in [0.1, 0.15) is 22.3 Å². The molecule has 0 radical (unpaired) electrons. The lowest BCUT2D eigenvalue weighted by atomic mass is 10.1. The molecule has 2 rings (SSSR count). The van der Waals surface area contributed by atoms with Crippen LogP contribution in [0.25, 0.3) is 0 Å². The van der Waals surface area contributed by atoms with E-state index < -0.39 is 0 Å². The third-order valence-electron chi connectivity index (χ3n) is 2.84. The summed E-state index contributed by atoms with van der Waals surface area (Å²) in [6.45, 7) is 2.30. The van der Waals surface area contributed by atoms with Crippen molar-refractivity contribution in [1.82, 2.24) is 0 Å². The fourth-order valence-corrected chi connectivity index (χ4v) is 2.23. The van der Waals surface area contributed by atoms with E-state index in [9.17, 15) is 4.79 Å². The van der Waals surface area contributed by atoms with Gasteiger partial charge in [-0.15, -0.1) is 0 Å². The molecule has 104 valence electrons. The number of ketones is 1. The molecule has 0 amide bonds. The van der Waals surface area contributed by atoms with Crippen molar-refractivity contribution in [2.45, 2.75) is 13.3 Å². The molecule has 0 heterocycles. The van der Waals surface area contributed by atoms with Gasteiger partial charge in [0.25, 0.3) is 0 Å². The van der Waals surface area contributed by atoms with Crippen LogP contribution in [0.4, 0.5) is 0 Å². The van der Waals surface area contributed by atoms with Gasteiger partial charge in [-0.2, -0.15) is 0 Å². The predicted molar refractivity (Wildman–Crippen MR) is 82.1 cm³/mol. The first kappa shape index (κ1) is 14.9. The molecule has 0 saturated heterocycles. The summed E-state index contributed by atoms with van der Waals surface area (Å²) >= 11 is 11.9. The quantitative estimate of drug-likeness (QED) is 0.730. The van der Waals surface area contributed by atoms with Gasteiger partial charge in [0.2, 0.25) is 0 Å². The molecule has 2 aromatic carbocycles. The first-order valence-corrected chi connectivity index (χ1v) is 7.00. The second kappa shape index (κ2) is 6.78. The molecular formula is C16H14Cl2O2. The number of benzene rings is 2. The van der Waals surface area contributed by atoms with Crippen molar-refractivity contribution >= 4 is 29.0 Å². The molecule has 0 aliphatic rings. The van der Waals surface area contributed by atoms with Crippen molar-refractivity contribution in [3.8, 4) is 5.75 Å². The van der Waals surface area contributed by atoms with Gasteiger partial charge in [0.15, 0.2) is 5.78 Å². The highest BCUT2D eigenvalue weighted by molar-refractivity contribution is 6.43. The molecule has 2 aromatic rings. The topological polar surface area (TPSA) is 26.3 Å². The molecule has 0 saturated carbocycles. The van der Waals surface area contributed by atoms with Gasteiger partial charge in [-0.3, -0.25) is 4.79 Å². The molecule has 0 atom stereocenters. The van der Waals surface area contributed by atoms with Gasteiger partial charge in [0.05, 0.1) is 16.7 Å². The monoisotopic (exact) mass is 308 g/mol. The highest BCUT2D eigenvalue weighted by Gasteiger charge is 2.12. The number of Topliss-reactive ketones (excluding diaryl/α,β-unsaturated/α-hetero) is 1. The van der Waals surface area contributed by atoms with Crippen LogP contribution in [0.5, 0.6) is 5.75 Å². The molecule has 0 spiro atoms. The van der Waals surface area contributed by atoms with E-state index in [0.29, 0.717) is 22.2 Å². The largest absolute Gasteiger partial charge is 0.493 e. The van der Waals surface area contributed by atoms with E-state index in [4.69, 9.17) is 27.9 Å². The number of hydrogen-bond acceptors (Lipinski definition) is 2. The van der Waals surface area contributed by atoms with E-state index in [1.807, 2.05) is 31.2 Å². The third-order valence-corrected chi connectivity index (χ3v) is 3.66. The fourth-order valence-electron chi connectivity index (χ4n) is 1.82. The molecular weight excluding hydrogens is 295 g/mol. The molecule has 2 nitrogen and oxygen atoms in total. The number of ether oxygens (including phenoxy) is 1. The van der Waals surface area contributed by atoms with Crippen molar-refractivity contribution in [3.05, 3.63) is 63.6 Å². The number of aryl methyl sites for hydroxylation is 1. The second-order valence-electron chi connectivity index (χ2n) is 4.44. The summed E-state index contributed by atoms with van der Waals surface area (Å²) in [5, 5.41) is 0.687. The summed E-state index contributed by atoms with van der Waals surface area (Å²) in [4.78, 5) is 12.1. The van der Waals surface area contributed by atoms with E-state index in [2.05, 4.69) is 0 Å². The number of rotatable bonds is 5. The SMILES string of the molecule is Cc1cccc(OCCC(=O)c2cccc(Cl)c2Cl)c1. The Morgan fingerprint density at radius 1 is 1.15 bits per heavy atom. The van der Waals surface area contributed by atoms with Crippen molar-refractivity contribution < 1.29 is 9.53 Å². The third kappa shape index (κ3) is 3.75. The minimum atomic E-state index is -0.0786. The van der Waals surface area contributed by atoms with Crippen LogP contribution in [-0.4, -0.2) is 12.4 Å². The van der Waals surface area contributed by atoms with E-state index in [0.717, 1.165) is 11.3 Å². The summed E-state index contributed by atoms with van der Waals surface area (Å²) in [6, 6.07) is 12.7. The average molecular weight is 309 g/mol. The first-order valence-electron chi connectivity index (χ1n) is 6.24. The van der Waals surface area contributed by atoms with Crippen molar-refractivity contribution in [2.75, 3.05) is 6.61 Å². The summed E-state index contributed by atoms with van der Waals surface area (Å²) < 4.78 is 5.55. The predicted octanol–water partition coefficient (Wildman–Crippen LogP) is 4.95. The first-order chi connectivity index (χ1) is 9.58. The standard InChI is InChI=1S/C16H14Cl2O2/c1-11-4-2-5-12(10-11)20-9-8-15(19)13-6-3-7-14(17)16(13)18/h2-7,10H,8-9H2,1H3. The molecule has 0 N–H and O–H groups in total. The van der Waals surface area contributed by atoms with Crippen LogP contribution in [-0.2, 0) is 0 Å². The van der Waals surface area contributed by atoms with Gasteiger partial charge in [-0.05, 0) is 36.8 Å². The lowest BCUT2D eigenvalue weighted by Crippen LogP contribution is -2.07. The zero-order valence-corrected chi connectivity index (χ0v) is 12.5. The summed E-state index contributed by atoms with van der Waals surface area (Å²) in [7, 11) is 0. The van der Waals surface area contributed by atoms with Gasteiger partial charge in [-0.25, -0.2) is 0 Å². The van der Waals surface area contributed by atoms with Crippen LogP contribution in [0.15, 0.2) is 42.5 Å². The van der Waals surface area contributed by atoms with Crippen molar-refractivity contribution in [3.63, 3.8) is 0 Å². The van der Waals surface area contributed by atoms with Gasteiger partial charge >= 0.3 is 0 Å². The minimum absolute atomic E-state index is 0.0786. The number of halogens is 2. The zero-order chi connectivity index (χ0) is 14.5. The van der Waals surface area contributed by atoms with Gasteiger partial charge in [0, 0.05) is 12.0 Å². The van der Waals surface area contributed by atoms with Crippen LogP contribution in [0.2, 0.25) is 10.0 Å². The number of hydrogen-bond donors (Lipinski definition) is 0. The van der Waals surface area contributed by atoms with E-state index >= 15 is 0 Å². The Morgan fingerprint density at radius 2 is 1.90 bits per heavy atom. The Morgan fingerprint density at radius 3 is 2.65 bits per heavy atom. The highest BCUT2D eigenvalue weighted by Crippen LogP contribution is 2.26. The Labute approximate surface area is 128 Å². The zero-order valence-electron chi connectivity index (χ0n) is 11.0. The average Bonchev–Trinajstić information content (AvgIpc) is 2.42. The van der Waals surface area contributed by atoms with Crippen LogP contribution < -0.4 is 4.74 Å². The number of carbonyl (C=O) groups is 1. The molecule has 0 unspecified atom stereocenters. The summed E-state index contributed by atoms with van der Waals surface area (Å²) in [5.41, 5.74) is 1.55. The lowest BCUT2D eigenvalue weighted by molar-refractivity contribution is 0.0962. The Kier molecular flexibility index (Phi) is 5.05. The molecule has 0 aromatic heterocycles. The maximum atomic E-state index is 12.1. The molecule has 4 heteroatoms. The van der Waals surface area contributed by atoms with Crippen molar-refractivity contribution in [1.29, 1.82) is 0 Å². The van der Waals surface area contributed by atoms with Gasteiger partial charge in [0.1, 0.15) is 5.75 Å². The van der Waals surface area contributed by atoms with Gasteiger partial charge < -0.3 is 4.74 Å². The smallest absolute Gasteiger partial charge is 0.167 e. The highest BCUT2D eigenvalue weighted by atomic mass is 35.5. The Balaban J connectivity index is 1.94. The maximum absolute atomic E-state index is 12.1. The molecule has 0 aliphatic carbocycles. The second-order valence-corrected chi connectivity index (χ2v) is 5.22. The molecule has 0 aliphatic heterocycles. The molecule has 0 bridgehead atoms. The van der Waals surface area contributed by atoms with Crippen LogP contribution in [0, 0.1) is 6.92 Å². The van der Waals surface area contributed by atoms with Gasteiger partial charge in [-0.1, -0.05) is 41.4 Å². The summed E-state index contributed by atoms with van der Waals surface area (Å²) in [6.07, 6.45) is 0.258. The fraction of sp³-hybridized carbons (Fsp3) is 0.188.